The molecule has 1 aliphatic rings. The van der Waals surface area contributed by atoms with Gasteiger partial charge in [0, 0.05) is 25.3 Å². The minimum atomic E-state index is -0.495. The molecule has 0 saturated carbocycles. The Morgan fingerprint density at radius 2 is 1.85 bits per heavy atom. The second-order valence-corrected chi connectivity index (χ2v) is 5.15. The van der Waals surface area contributed by atoms with Gasteiger partial charge in [0.05, 0.1) is 6.54 Å². The number of rotatable bonds is 4. The van der Waals surface area contributed by atoms with E-state index in [2.05, 4.69) is 9.97 Å². The Balaban J connectivity index is 2.07. The van der Waals surface area contributed by atoms with Crippen molar-refractivity contribution in [1.82, 2.24) is 19.8 Å². The summed E-state index contributed by atoms with van der Waals surface area (Å²) in [5.74, 6) is -0.483. The molecule has 2 rings (SSSR count). The van der Waals surface area contributed by atoms with Gasteiger partial charge in [-0.1, -0.05) is 18.5 Å². The zero-order chi connectivity index (χ0) is 14.7. The number of amides is 2. The molecule has 1 aromatic rings. The van der Waals surface area contributed by atoms with E-state index in [0.29, 0.717) is 30.6 Å². The van der Waals surface area contributed by atoms with Crippen LogP contribution in [-0.2, 0) is 16.1 Å². The molecule has 1 aliphatic heterocycles. The van der Waals surface area contributed by atoms with Gasteiger partial charge in [-0.2, -0.15) is 0 Å². The van der Waals surface area contributed by atoms with Gasteiger partial charge in [0.1, 0.15) is 11.0 Å². The maximum Gasteiger partial charge on any atom is 0.312 e. The predicted octanol–water partition coefficient (Wildman–Crippen LogP) is 1.02. The predicted molar refractivity (Wildman–Crippen MR) is 74.1 cm³/mol. The van der Waals surface area contributed by atoms with Crippen LogP contribution in [-0.4, -0.2) is 51.2 Å². The molecule has 6 nitrogen and oxygen atoms in total. The molecule has 0 atom stereocenters. The normalized spacial score (nSPS) is 15.9. The molecule has 7 heteroatoms. The van der Waals surface area contributed by atoms with Gasteiger partial charge in [0.15, 0.2) is 0 Å². The Bertz CT molecular complexity index is 515. The third kappa shape index (κ3) is 3.25. The van der Waals surface area contributed by atoms with E-state index in [0.717, 1.165) is 12.1 Å². The molecule has 0 unspecified atom stereocenters. The summed E-state index contributed by atoms with van der Waals surface area (Å²) in [6, 6.07) is 1.65. The fourth-order valence-corrected chi connectivity index (χ4v) is 2.43. The van der Waals surface area contributed by atoms with Crippen LogP contribution in [0, 0.1) is 6.92 Å². The van der Waals surface area contributed by atoms with E-state index in [9.17, 15) is 9.59 Å². The molecule has 2 amide bonds. The minimum absolute atomic E-state index is 0.214. The van der Waals surface area contributed by atoms with E-state index in [4.69, 9.17) is 11.6 Å². The number of halogens is 1. The van der Waals surface area contributed by atoms with Crippen molar-refractivity contribution in [3.8, 4) is 0 Å². The van der Waals surface area contributed by atoms with E-state index in [-0.39, 0.29) is 6.54 Å². The zero-order valence-corrected chi connectivity index (χ0v) is 12.4. The van der Waals surface area contributed by atoms with Gasteiger partial charge in [0.25, 0.3) is 0 Å². The van der Waals surface area contributed by atoms with Crippen LogP contribution in [0.15, 0.2) is 6.07 Å². The van der Waals surface area contributed by atoms with E-state index in [1.54, 1.807) is 11.0 Å². The van der Waals surface area contributed by atoms with Crippen molar-refractivity contribution >= 4 is 23.4 Å². The van der Waals surface area contributed by atoms with E-state index < -0.39 is 11.8 Å². The number of aryl methyl sites for hydroxylation is 1. The fraction of sp³-hybridized carbons (Fsp3) is 0.538. The SMILES string of the molecule is CCCN1CCN(Cc2nc(C)cc(Cl)n2)C(=O)C1=O. The van der Waals surface area contributed by atoms with Crippen LogP contribution >= 0.6 is 11.6 Å². The summed E-state index contributed by atoms with van der Waals surface area (Å²) >= 11 is 5.87. The first kappa shape index (κ1) is 14.7. The van der Waals surface area contributed by atoms with Crippen LogP contribution in [0.3, 0.4) is 0 Å². The first-order valence-electron chi connectivity index (χ1n) is 6.59. The number of hydrogen-bond acceptors (Lipinski definition) is 4. The van der Waals surface area contributed by atoms with Gasteiger partial charge >= 0.3 is 11.8 Å². The Labute approximate surface area is 122 Å². The lowest BCUT2D eigenvalue weighted by Crippen LogP contribution is -2.54. The lowest BCUT2D eigenvalue weighted by molar-refractivity contribution is -0.156. The highest BCUT2D eigenvalue weighted by Crippen LogP contribution is 2.11. The Kier molecular flexibility index (Phi) is 4.54. The second-order valence-electron chi connectivity index (χ2n) is 4.77. The average Bonchev–Trinajstić information content (AvgIpc) is 2.37. The summed E-state index contributed by atoms with van der Waals surface area (Å²) in [5.41, 5.74) is 0.739. The second kappa shape index (κ2) is 6.17. The van der Waals surface area contributed by atoms with Crippen molar-refractivity contribution in [2.45, 2.75) is 26.8 Å². The number of aromatic nitrogens is 2. The summed E-state index contributed by atoms with van der Waals surface area (Å²) < 4.78 is 0. The molecule has 0 spiro atoms. The Hall–Kier alpha value is -1.69. The quantitative estimate of drug-likeness (QED) is 0.614. The number of piperazine rings is 1. The molecule has 0 aliphatic carbocycles. The van der Waals surface area contributed by atoms with Crippen molar-refractivity contribution in [3.63, 3.8) is 0 Å². The van der Waals surface area contributed by atoms with Crippen LogP contribution < -0.4 is 0 Å². The smallest absolute Gasteiger partial charge is 0.312 e. The topological polar surface area (TPSA) is 66.4 Å². The molecule has 108 valence electrons. The molecule has 1 aromatic heterocycles. The summed E-state index contributed by atoms with van der Waals surface area (Å²) in [7, 11) is 0. The van der Waals surface area contributed by atoms with Gasteiger partial charge in [-0.05, 0) is 19.4 Å². The molecule has 1 fully saturated rings. The van der Waals surface area contributed by atoms with E-state index >= 15 is 0 Å². The first-order chi connectivity index (χ1) is 9.51. The highest BCUT2D eigenvalue weighted by atomic mass is 35.5. The lowest BCUT2D eigenvalue weighted by atomic mass is 10.2. The van der Waals surface area contributed by atoms with Gasteiger partial charge in [-0.15, -0.1) is 0 Å². The Morgan fingerprint density at radius 1 is 1.20 bits per heavy atom. The van der Waals surface area contributed by atoms with Crippen LogP contribution in [0.2, 0.25) is 5.15 Å². The van der Waals surface area contributed by atoms with Crippen molar-refractivity contribution in [1.29, 1.82) is 0 Å². The Morgan fingerprint density at radius 3 is 2.50 bits per heavy atom. The van der Waals surface area contributed by atoms with Crippen molar-refractivity contribution in [2.75, 3.05) is 19.6 Å². The summed E-state index contributed by atoms with van der Waals surface area (Å²) in [4.78, 5) is 35.3. The van der Waals surface area contributed by atoms with Crippen molar-refractivity contribution in [3.05, 3.63) is 22.7 Å². The molecular formula is C13H17ClN4O2. The lowest BCUT2D eigenvalue weighted by Gasteiger charge is -2.33. The monoisotopic (exact) mass is 296 g/mol. The van der Waals surface area contributed by atoms with Crippen molar-refractivity contribution in [2.24, 2.45) is 0 Å². The average molecular weight is 297 g/mol. The molecule has 1 saturated heterocycles. The van der Waals surface area contributed by atoms with Gasteiger partial charge in [0.2, 0.25) is 0 Å². The number of nitrogens with zero attached hydrogens (tertiary/aromatic N) is 4. The summed E-state index contributed by atoms with van der Waals surface area (Å²) in [6.07, 6.45) is 0.843. The van der Waals surface area contributed by atoms with Crippen LogP contribution in [0.5, 0.6) is 0 Å². The molecule has 20 heavy (non-hydrogen) atoms. The number of carbonyl (C=O) groups is 2. The van der Waals surface area contributed by atoms with Crippen LogP contribution in [0.1, 0.15) is 24.9 Å². The maximum atomic E-state index is 12.0. The number of hydrogen-bond donors (Lipinski definition) is 0. The third-order valence-corrected chi connectivity index (χ3v) is 3.29. The van der Waals surface area contributed by atoms with E-state index in [1.807, 2.05) is 13.8 Å². The molecular weight excluding hydrogens is 280 g/mol. The molecule has 0 radical (unpaired) electrons. The third-order valence-electron chi connectivity index (χ3n) is 3.09. The minimum Gasteiger partial charge on any atom is -0.333 e. The molecule has 0 bridgehead atoms. The zero-order valence-electron chi connectivity index (χ0n) is 11.6. The largest absolute Gasteiger partial charge is 0.333 e. The first-order valence-corrected chi connectivity index (χ1v) is 6.97. The number of carbonyl (C=O) groups excluding carboxylic acids is 2. The summed E-state index contributed by atoms with van der Waals surface area (Å²) in [6.45, 7) is 5.67. The van der Waals surface area contributed by atoms with Crippen LogP contribution in [0.4, 0.5) is 0 Å². The summed E-state index contributed by atoms with van der Waals surface area (Å²) in [5, 5.41) is 0.343. The molecule has 0 aromatic carbocycles. The van der Waals surface area contributed by atoms with Gasteiger partial charge in [-0.3, -0.25) is 9.59 Å². The highest BCUT2D eigenvalue weighted by Gasteiger charge is 2.32. The van der Waals surface area contributed by atoms with Gasteiger partial charge < -0.3 is 9.80 Å². The maximum absolute atomic E-state index is 12.0. The molecule has 0 N–H and O–H groups in total. The van der Waals surface area contributed by atoms with E-state index in [1.165, 1.54) is 4.90 Å². The van der Waals surface area contributed by atoms with Gasteiger partial charge in [-0.25, -0.2) is 9.97 Å². The molecule has 2 heterocycles. The fourth-order valence-electron chi connectivity index (χ4n) is 2.18. The van der Waals surface area contributed by atoms with Crippen LogP contribution in [0.25, 0.3) is 0 Å². The van der Waals surface area contributed by atoms with Crippen molar-refractivity contribution < 1.29 is 9.59 Å². The standard InChI is InChI=1S/C13H17ClN4O2/c1-3-4-17-5-6-18(13(20)12(17)19)8-11-15-9(2)7-10(14)16-11/h7H,3-6,8H2,1-2H3. The highest BCUT2D eigenvalue weighted by molar-refractivity contribution is 6.35.